The predicted octanol–water partition coefficient (Wildman–Crippen LogP) is 2.66. The van der Waals surface area contributed by atoms with Gasteiger partial charge in [0.05, 0.1) is 37.5 Å². The maximum atomic E-state index is 12.9. The Morgan fingerprint density at radius 1 is 1.00 bits per heavy atom. The average Bonchev–Trinajstić information content (AvgIpc) is 3.02. The van der Waals surface area contributed by atoms with E-state index in [2.05, 4.69) is 6.92 Å². The van der Waals surface area contributed by atoms with E-state index in [-0.39, 0.29) is 29.9 Å². The van der Waals surface area contributed by atoms with E-state index in [1.54, 1.807) is 12.1 Å². The van der Waals surface area contributed by atoms with Gasteiger partial charge in [0.1, 0.15) is 5.75 Å². The molecule has 0 unspecified atom stereocenters. The van der Waals surface area contributed by atoms with E-state index in [1.165, 1.54) is 43.4 Å². The lowest BCUT2D eigenvalue weighted by Crippen LogP contribution is -2.92. The summed E-state index contributed by atoms with van der Waals surface area (Å²) in [5, 5.41) is 2.00. The third-order valence-electron chi connectivity index (χ3n) is 7.71. The van der Waals surface area contributed by atoms with Crippen LogP contribution in [0.1, 0.15) is 58.3 Å². The fourth-order valence-electron chi connectivity index (χ4n) is 6.77. The van der Waals surface area contributed by atoms with Crippen molar-refractivity contribution in [2.75, 3.05) is 24.7 Å². The minimum absolute atomic E-state index is 0.103. The van der Waals surface area contributed by atoms with Crippen molar-refractivity contribution >= 4 is 17.5 Å². The highest BCUT2D eigenvalue weighted by atomic mass is 16.5. The van der Waals surface area contributed by atoms with E-state index < -0.39 is 0 Å². The number of carbonyl (C=O) groups excluding carboxylic acids is 2. The second-order valence-electron chi connectivity index (χ2n) is 10.2. The zero-order chi connectivity index (χ0) is 21.4. The Hall–Kier alpha value is -1.92. The van der Waals surface area contributed by atoms with Crippen LogP contribution >= 0.6 is 0 Å². The molecule has 6 rings (SSSR count). The minimum Gasteiger partial charge on any atom is -0.494 e. The van der Waals surface area contributed by atoms with E-state index in [0.29, 0.717) is 18.9 Å². The van der Waals surface area contributed by atoms with Crippen LogP contribution in [-0.4, -0.2) is 43.2 Å². The highest BCUT2D eigenvalue weighted by Gasteiger charge is 2.51. The molecule has 0 radical (unpaired) electrons. The van der Waals surface area contributed by atoms with Crippen molar-refractivity contribution in [2.45, 2.75) is 69.9 Å². The number of hydrogen-bond donors (Lipinski definition) is 1. The van der Waals surface area contributed by atoms with Gasteiger partial charge in [-0.2, -0.15) is 0 Å². The van der Waals surface area contributed by atoms with Gasteiger partial charge in [0, 0.05) is 0 Å². The Morgan fingerprint density at radius 3 is 2.26 bits per heavy atom. The molecule has 0 spiro atoms. The summed E-state index contributed by atoms with van der Waals surface area (Å²) in [6.07, 6.45) is 9.11. The quantitative estimate of drug-likeness (QED) is 0.486. The van der Waals surface area contributed by atoms with Gasteiger partial charge in [-0.1, -0.05) is 6.92 Å². The van der Waals surface area contributed by atoms with Gasteiger partial charge in [-0.3, -0.25) is 9.59 Å². The van der Waals surface area contributed by atoms with Crippen molar-refractivity contribution in [1.29, 1.82) is 0 Å². The van der Waals surface area contributed by atoms with Crippen LogP contribution in [0.15, 0.2) is 24.3 Å². The number of carbonyl (C=O) groups is 2. The monoisotopic (exact) mass is 427 g/mol. The van der Waals surface area contributed by atoms with E-state index in [9.17, 15) is 9.59 Å². The van der Waals surface area contributed by atoms with E-state index >= 15 is 0 Å². The van der Waals surface area contributed by atoms with Crippen molar-refractivity contribution in [3.05, 3.63) is 24.3 Å². The van der Waals surface area contributed by atoms with E-state index in [4.69, 9.17) is 9.47 Å². The van der Waals surface area contributed by atoms with Crippen LogP contribution in [0.3, 0.4) is 0 Å². The molecule has 168 valence electrons. The first kappa shape index (κ1) is 21.0. The van der Waals surface area contributed by atoms with Crippen LogP contribution < -0.4 is 15.0 Å². The van der Waals surface area contributed by atoms with E-state index in [0.717, 1.165) is 36.5 Å². The summed E-state index contributed by atoms with van der Waals surface area (Å²) in [4.78, 5) is 26.8. The summed E-state index contributed by atoms with van der Waals surface area (Å²) in [5.41, 5.74) is 0.727. The highest BCUT2D eigenvalue weighted by Crippen LogP contribution is 2.57. The lowest BCUT2D eigenvalue weighted by atomic mass is 9.54. The topological polar surface area (TPSA) is 72.4 Å². The number of imide groups is 1. The normalized spacial score (nSPS) is 34.0. The molecular formula is C25H35N2O4+. The van der Waals surface area contributed by atoms with Gasteiger partial charge < -0.3 is 14.8 Å². The van der Waals surface area contributed by atoms with Crippen LogP contribution in [0.5, 0.6) is 5.75 Å². The molecule has 0 aromatic heterocycles. The molecular weight excluding hydrogens is 392 g/mol. The number of nitrogens with zero attached hydrogens (tertiary/aromatic N) is 1. The molecule has 5 aliphatic rings. The molecule has 1 saturated heterocycles. The Kier molecular flexibility index (Phi) is 5.78. The van der Waals surface area contributed by atoms with Crippen LogP contribution in [0.4, 0.5) is 5.69 Å². The lowest BCUT2D eigenvalue weighted by Gasteiger charge is -2.56. The molecule has 1 aromatic rings. The maximum absolute atomic E-state index is 12.9. The Bertz CT molecular complexity index is 786. The summed E-state index contributed by atoms with van der Waals surface area (Å²) < 4.78 is 12.1. The van der Waals surface area contributed by atoms with Crippen LogP contribution in [0.25, 0.3) is 0 Å². The molecule has 1 aromatic carbocycles. The summed E-state index contributed by atoms with van der Waals surface area (Å²) in [6.45, 7) is 4.10. The van der Waals surface area contributed by atoms with Gasteiger partial charge in [0.15, 0.2) is 6.04 Å². The number of anilines is 1. The number of quaternary nitrogens is 1. The van der Waals surface area contributed by atoms with Crippen LogP contribution in [0.2, 0.25) is 0 Å². The molecule has 2 N–H and O–H groups in total. The van der Waals surface area contributed by atoms with Crippen LogP contribution in [-0.2, 0) is 14.3 Å². The summed E-state index contributed by atoms with van der Waals surface area (Å²) in [6, 6.07) is 6.88. The molecule has 4 aliphatic carbocycles. The smallest absolute Gasteiger partial charge is 0.292 e. The highest BCUT2D eigenvalue weighted by molar-refractivity contribution is 6.21. The average molecular weight is 428 g/mol. The standard InChI is InChI=1S/C25H34N2O4/c1-2-8-30-21-5-3-20(4-6-21)27-23(28)13-22(24(27)29)26-7-9-31-25-14-17-10-18(15-25)12-19(11-17)16-25/h3-6,17-19,22,26H,2,7-16H2,1H3/p+1/t17?,18?,19?,22-,25?/m0/s1. The molecule has 6 heteroatoms. The van der Waals surface area contributed by atoms with Crippen molar-refractivity contribution in [1.82, 2.24) is 0 Å². The van der Waals surface area contributed by atoms with Crippen molar-refractivity contribution in [3.8, 4) is 5.75 Å². The van der Waals surface area contributed by atoms with E-state index in [1.807, 2.05) is 17.4 Å². The molecule has 1 heterocycles. The van der Waals surface area contributed by atoms with Crippen molar-refractivity contribution < 1.29 is 24.4 Å². The number of ether oxygens (including phenoxy) is 2. The fraction of sp³-hybridized carbons (Fsp3) is 0.680. The number of amides is 2. The number of nitrogens with two attached hydrogens (primary N) is 1. The van der Waals surface area contributed by atoms with Gasteiger partial charge in [0.2, 0.25) is 5.91 Å². The zero-order valence-electron chi connectivity index (χ0n) is 18.6. The van der Waals surface area contributed by atoms with Gasteiger partial charge in [-0.05, 0) is 87.0 Å². The molecule has 5 fully saturated rings. The first-order valence-corrected chi connectivity index (χ1v) is 12.1. The molecule has 31 heavy (non-hydrogen) atoms. The SMILES string of the molecule is CCCOc1ccc(N2C(=O)C[C@H]([NH2+]CCOC34CC5CC(CC(C5)C3)C4)C2=O)cc1. The Balaban J connectivity index is 1.12. The molecule has 1 aliphatic heterocycles. The third-order valence-corrected chi connectivity index (χ3v) is 7.71. The molecule has 4 saturated carbocycles. The molecule has 2 amide bonds. The van der Waals surface area contributed by atoms with Crippen LogP contribution in [0, 0.1) is 17.8 Å². The maximum Gasteiger partial charge on any atom is 0.292 e. The Morgan fingerprint density at radius 2 is 1.65 bits per heavy atom. The number of benzene rings is 1. The fourth-order valence-corrected chi connectivity index (χ4v) is 6.77. The minimum atomic E-state index is -0.344. The first-order chi connectivity index (χ1) is 15.0. The number of rotatable bonds is 9. The number of hydrogen-bond acceptors (Lipinski definition) is 4. The zero-order valence-corrected chi connectivity index (χ0v) is 18.6. The predicted molar refractivity (Wildman–Crippen MR) is 117 cm³/mol. The Labute approximate surface area is 184 Å². The second-order valence-corrected chi connectivity index (χ2v) is 10.2. The second kappa shape index (κ2) is 8.55. The van der Waals surface area contributed by atoms with Gasteiger partial charge in [-0.25, -0.2) is 4.90 Å². The molecule has 4 bridgehead atoms. The lowest BCUT2D eigenvalue weighted by molar-refractivity contribution is -0.676. The van der Waals surface area contributed by atoms with Crippen molar-refractivity contribution in [3.63, 3.8) is 0 Å². The largest absolute Gasteiger partial charge is 0.494 e. The molecule has 1 atom stereocenters. The molecule has 6 nitrogen and oxygen atoms in total. The van der Waals surface area contributed by atoms with Gasteiger partial charge in [-0.15, -0.1) is 0 Å². The summed E-state index contributed by atoms with van der Waals surface area (Å²) in [7, 11) is 0. The first-order valence-electron chi connectivity index (χ1n) is 12.1. The summed E-state index contributed by atoms with van der Waals surface area (Å²) >= 11 is 0. The summed E-state index contributed by atoms with van der Waals surface area (Å²) in [5.74, 6) is 3.12. The third kappa shape index (κ3) is 4.24. The van der Waals surface area contributed by atoms with Crippen molar-refractivity contribution in [2.24, 2.45) is 17.8 Å². The van der Waals surface area contributed by atoms with Gasteiger partial charge >= 0.3 is 0 Å². The van der Waals surface area contributed by atoms with Gasteiger partial charge in [0.25, 0.3) is 5.91 Å².